The van der Waals surface area contributed by atoms with Crippen molar-refractivity contribution < 1.29 is 4.74 Å². The average Bonchev–Trinajstić information content (AvgIpc) is 3.16. The highest BCUT2D eigenvalue weighted by molar-refractivity contribution is 5.79. The van der Waals surface area contributed by atoms with Crippen LogP contribution in [-0.2, 0) is 0 Å². The molecule has 1 aromatic rings. The third kappa shape index (κ3) is 6.05. The zero-order chi connectivity index (χ0) is 20.6. The Morgan fingerprint density at radius 2 is 1.68 bits per heavy atom. The molecular weight excluding hydrogens is 352 g/mol. The number of hydrogen-bond donors (Lipinski definition) is 4. The van der Waals surface area contributed by atoms with Crippen molar-refractivity contribution in [3.05, 3.63) is 41.8 Å². The van der Waals surface area contributed by atoms with Gasteiger partial charge in [0.25, 0.3) is 0 Å². The zero-order valence-electron chi connectivity index (χ0n) is 17.2. The summed E-state index contributed by atoms with van der Waals surface area (Å²) < 4.78 is 5.01. The molecule has 1 heterocycles. The monoisotopic (exact) mass is 388 g/mol. The molecule has 1 spiro atoms. The first-order valence-electron chi connectivity index (χ1n) is 10.0. The molecule has 1 saturated heterocycles. The van der Waals surface area contributed by atoms with Gasteiger partial charge in [-0.25, -0.2) is 0 Å². The molecule has 1 atom stereocenters. The van der Waals surface area contributed by atoms with Crippen LogP contribution in [0.3, 0.4) is 0 Å². The van der Waals surface area contributed by atoms with E-state index < -0.39 is 0 Å². The molecular formula is C21H36N6O. The highest BCUT2D eigenvalue weighted by Gasteiger charge is 2.37. The van der Waals surface area contributed by atoms with Crippen molar-refractivity contribution in [1.29, 1.82) is 0 Å². The van der Waals surface area contributed by atoms with Crippen molar-refractivity contribution in [3.8, 4) is 5.75 Å². The van der Waals surface area contributed by atoms with Gasteiger partial charge in [-0.3, -0.25) is 0 Å². The van der Waals surface area contributed by atoms with Gasteiger partial charge >= 0.3 is 0 Å². The zero-order valence-corrected chi connectivity index (χ0v) is 17.2. The van der Waals surface area contributed by atoms with E-state index in [2.05, 4.69) is 9.89 Å². The van der Waals surface area contributed by atoms with Crippen LogP contribution in [0.25, 0.3) is 0 Å². The first kappa shape index (κ1) is 21.9. The van der Waals surface area contributed by atoms with E-state index in [9.17, 15) is 0 Å². The minimum Gasteiger partial charge on any atom is -0.497 e. The summed E-state index contributed by atoms with van der Waals surface area (Å²) in [5.74, 6) is 1.65. The van der Waals surface area contributed by atoms with Crippen molar-refractivity contribution in [2.45, 2.75) is 51.5 Å². The SMILES string of the molecule is COc1ccc(C(C)N)cc1.N/C=C(N)\N=C(/N)N1CCC2(CCCC2)CC1. The number of benzene rings is 1. The fourth-order valence-corrected chi connectivity index (χ4v) is 3.98. The van der Waals surface area contributed by atoms with Gasteiger partial charge in [-0.05, 0) is 55.7 Å². The lowest BCUT2D eigenvalue weighted by molar-refractivity contribution is 0.153. The van der Waals surface area contributed by atoms with Gasteiger partial charge in [0.15, 0.2) is 5.96 Å². The second-order valence-electron chi connectivity index (χ2n) is 7.82. The van der Waals surface area contributed by atoms with Gasteiger partial charge in [-0.2, -0.15) is 4.99 Å². The molecule has 0 bridgehead atoms. The summed E-state index contributed by atoms with van der Waals surface area (Å²) in [5, 5.41) is 0. The molecule has 7 nitrogen and oxygen atoms in total. The topological polar surface area (TPSA) is 129 Å². The number of piperidine rings is 1. The minimum atomic E-state index is 0.0981. The quantitative estimate of drug-likeness (QED) is 0.465. The van der Waals surface area contributed by atoms with Crippen LogP contribution < -0.4 is 27.7 Å². The Morgan fingerprint density at radius 1 is 1.11 bits per heavy atom. The number of methoxy groups -OCH3 is 1. The molecule has 156 valence electrons. The fraction of sp³-hybridized carbons (Fsp3) is 0.571. The molecule has 28 heavy (non-hydrogen) atoms. The second-order valence-corrected chi connectivity index (χ2v) is 7.82. The number of ether oxygens (including phenoxy) is 1. The van der Waals surface area contributed by atoms with E-state index in [0.717, 1.165) is 24.4 Å². The van der Waals surface area contributed by atoms with Crippen LogP contribution in [0.2, 0.25) is 0 Å². The van der Waals surface area contributed by atoms with Crippen LogP contribution in [0.4, 0.5) is 0 Å². The highest BCUT2D eigenvalue weighted by atomic mass is 16.5. The number of likely N-dealkylation sites (tertiary alicyclic amines) is 1. The van der Waals surface area contributed by atoms with Gasteiger partial charge in [0.1, 0.15) is 11.6 Å². The van der Waals surface area contributed by atoms with Crippen molar-refractivity contribution in [2.75, 3.05) is 20.2 Å². The molecule has 1 aromatic carbocycles. The van der Waals surface area contributed by atoms with Crippen molar-refractivity contribution >= 4 is 5.96 Å². The van der Waals surface area contributed by atoms with Gasteiger partial charge in [0, 0.05) is 25.3 Å². The molecule has 0 amide bonds. The molecule has 2 aliphatic rings. The van der Waals surface area contributed by atoms with Gasteiger partial charge < -0.3 is 32.6 Å². The van der Waals surface area contributed by atoms with E-state index in [-0.39, 0.29) is 11.9 Å². The Bertz CT molecular complexity index is 652. The summed E-state index contributed by atoms with van der Waals surface area (Å²) >= 11 is 0. The Labute approximate surface area is 168 Å². The lowest BCUT2D eigenvalue weighted by atomic mass is 9.77. The molecule has 7 heteroatoms. The molecule has 8 N–H and O–H groups in total. The molecule has 1 saturated carbocycles. The number of guanidine groups is 1. The molecule has 3 rings (SSSR count). The fourth-order valence-electron chi connectivity index (χ4n) is 3.98. The lowest BCUT2D eigenvalue weighted by Crippen LogP contribution is -2.45. The summed E-state index contributed by atoms with van der Waals surface area (Å²) in [7, 11) is 1.65. The first-order valence-corrected chi connectivity index (χ1v) is 10.0. The third-order valence-electron chi connectivity index (χ3n) is 5.87. The smallest absolute Gasteiger partial charge is 0.197 e. The first-order chi connectivity index (χ1) is 13.4. The standard InChI is InChI=1S/C12H23N5.C9H13NO/c13-9-10(14)16-11(15)17-7-5-12(6-8-17)3-1-2-4-12;1-7(10)8-3-5-9(11-2)6-4-8/h9H,1-8,13-14H2,(H2,15,16);3-7H,10H2,1-2H3/b10-9-;. The molecule has 0 radical (unpaired) electrons. The van der Waals surface area contributed by atoms with Crippen LogP contribution in [0, 0.1) is 5.41 Å². The number of aliphatic imine (C=N–C) groups is 1. The predicted octanol–water partition coefficient (Wildman–Crippen LogP) is 2.39. The van der Waals surface area contributed by atoms with Crippen LogP contribution in [0.1, 0.15) is 57.1 Å². The maximum Gasteiger partial charge on any atom is 0.197 e. The van der Waals surface area contributed by atoms with Crippen LogP contribution in [0.5, 0.6) is 5.75 Å². The maximum absolute atomic E-state index is 5.91. The predicted molar refractivity (Wildman–Crippen MR) is 115 cm³/mol. The van der Waals surface area contributed by atoms with Crippen LogP contribution >= 0.6 is 0 Å². The summed E-state index contributed by atoms with van der Waals surface area (Å²) in [6.07, 6.45) is 9.31. The van der Waals surface area contributed by atoms with E-state index in [4.69, 9.17) is 27.7 Å². The highest BCUT2D eigenvalue weighted by Crippen LogP contribution is 2.45. The van der Waals surface area contributed by atoms with Crippen molar-refractivity contribution in [3.63, 3.8) is 0 Å². The Hall–Kier alpha value is -2.41. The average molecular weight is 389 g/mol. The summed E-state index contributed by atoms with van der Waals surface area (Å²) in [6.45, 7) is 3.95. The van der Waals surface area contributed by atoms with Crippen LogP contribution in [0.15, 0.2) is 41.3 Å². The normalized spacial score (nSPS) is 20.5. The van der Waals surface area contributed by atoms with E-state index in [1.54, 1.807) is 7.11 Å². The number of rotatable bonds is 3. The van der Waals surface area contributed by atoms with Crippen molar-refractivity contribution in [2.24, 2.45) is 33.3 Å². The van der Waals surface area contributed by atoms with Gasteiger partial charge in [0.05, 0.1) is 7.11 Å². The molecule has 1 aliphatic carbocycles. The van der Waals surface area contributed by atoms with E-state index in [0.29, 0.717) is 11.4 Å². The van der Waals surface area contributed by atoms with E-state index in [1.807, 2.05) is 31.2 Å². The summed E-state index contributed by atoms with van der Waals surface area (Å²) in [6, 6.07) is 7.88. The molecule has 1 aliphatic heterocycles. The minimum absolute atomic E-state index is 0.0981. The Morgan fingerprint density at radius 3 is 2.14 bits per heavy atom. The second kappa shape index (κ2) is 10.2. The Balaban J connectivity index is 0.000000221. The summed E-state index contributed by atoms with van der Waals surface area (Å²) in [4.78, 5) is 6.18. The summed E-state index contributed by atoms with van der Waals surface area (Å²) in [5.41, 5.74) is 24.1. The third-order valence-corrected chi connectivity index (χ3v) is 5.87. The largest absolute Gasteiger partial charge is 0.497 e. The maximum atomic E-state index is 5.91. The molecule has 1 unspecified atom stereocenters. The number of nitrogens with two attached hydrogens (primary N) is 4. The van der Waals surface area contributed by atoms with Crippen molar-refractivity contribution in [1.82, 2.24) is 4.90 Å². The van der Waals surface area contributed by atoms with Gasteiger partial charge in [-0.15, -0.1) is 0 Å². The Kier molecular flexibility index (Phi) is 7.99. The number of hydrogen-bond acceptors (Lipinski definition) is 5. The van der Waals surface area contributed by atoms with Gasteiger partial charge in [0.2, 0.25) is 0 Å². The number of nitrogens with zero attached hydrogens (tertiary/aromatic N) is 2. The van der Waals surface area contributed by atoms with E-state index in [1.165, 1.54) is 44.7 Å². The van der Waals surface area contributed by atoms with Crippen LogP contribution in [-0.4, -0.2) is 31.1 Å². The molecule has 0 aromatic heterocycles. The van der Waals surface area contributed by atoms with E-state index >= 15 is 0 Å². The van der Waals surface area contributed by atoms with Gasteiger partial charge in [-0.1, -0.05) is 25.0 Å². The lowest BCUT2D eigenvalue weighted by Gasteiger charge is -2.39. The molecule has 2 fully saturated rings.